The number of aliphatic carboxylic acids is 1. The monoisotopic (exact) mass is 557 g/mol. The number of rotatable bonds is 13. The van der Waals surface area contributed by atoms with Gasteiger partial charge >= 0.3 is 12.0 Å². The Morgan fingerprint density at radius 2 is 1.68 bits per heavy atom. The molecule has 3 aromatic rings. The molecule has 4 rings (SSSR count). The van der Waals surface area contributed by atoms with Gasteiger partial charge in [0.2, 0.25) is 12.7 Å². The molecule has 0 saturated carbocycles. The van der Waals surface area contributed by atoms with E-state index >= 15 is 0 Å². The normalized spacial score (nSPS) is 13.5. The van der Waals surface area contributed by atoms with Gasteiger partial charge in [-0.2, -0.15) is 0 Å². The molecule has 0 saturated heterocycles. The number of amides is 3. The predicted octanol–water partition coefficient (Wildman–Crippen LogP) is 5.14. The Morgan fingerprint density at radius 1 is 1.00 bits per heavy atom. The van der Waals surface area contributed by atoms with Crippen LogP contribution >= 0.6 is 22.7 Å². The minimum absolute atomic E-state index is 0.0906. The summed E-state index contributed by atoms with van der Waals surface area (Å²) < 4.78 is 10.8. The van der Waals surface area contributed by atoms with Crippen molar-refractivity contribution < 1.29 is 29.0 Å². The number of nitrogens with one attached hydrogen (secondary N) is 2. The van der Waals surface area contributed by atoms with Gasteiger partial charge in [0.15, 0.2) is 11.5 Å². The Kier molecular flexibility index (Phi) is 9.61. The smallest absolute Gasteiger partial charge is 0.318 e. The van der Waals surface area contributed by atoms with Gasteiger partial charge in [-0.05, 0) is 47.0 Å². The Morgan fingerprint density at radius 3 is 2.29 bits per heavy atom. The Hall–Kier alpha value is -3.57. The number of thiophene rings is 2. The second-order valence-corrected chi connectivity index (χ2v) is 11.0. The van der Waals surface area contributed by atoms with Crippen LogP contribution in [0, 0.1) is 0 Å². The van der Waals surface area contributed by atoms with Crippen molar-refractivity contribution in [1.29, 1.82) is 0 Å². The maximum atomic E-state index is 13.5. The Balaban J connectivity index is 1.49. The number of fused-ring (bicyclic) bond motifs is 1. The van der Waals surface area contributed by atoms with Crippen LogP contribution in [0.4, 0.5) is 4.79 Å². The molecule has 2 atom stereocenters. The topological polar surface area (TPSA) is 117 Å². The molecule has 1 aliphatic heterocycles. The van der Waals surface area contributed by atoms with Crippen molar-refractivity contribution >= 4 is 40.6 Å². The van der Waals surface area contributed by atoms with Crippen molar-refractivity contribution in [2.45, 2.75) is 57.8 Å². The molecule has 3 N–H and O–H groups in total. The van der Waals surface area contributed by atoms with Gasteiger partial charge in [0.25, 0.3) is 0 Å². The molecular weight excluding hydrogens is 526 g/mol. The van der Waals surface area contributed by atoms with E-state index in [1.54, 1.807) is 45.8 Å². The first-order valence-corrected chi connectivity index (χ1v) is 14.2. The number of benzene rings is 1. The molecule has 3 heterocycles. The third-order valence-electron chi connectivity index (χ3n) is 6.10. The molecular formula is C27H31N3O6S2. The summed E-state index contributed by atoms with van der Waals surface area (Å²) in [6.45, 7) is 2.94. The van der Waals surface area contributed by atoms with Crippen LogP contribution in [0.3, 0.4) is 0 Å². The van der Waals surface area contributed by atoms with Crippen molar-refractivity contribution in [2.24, 2.45) is 0 Å². The van der Waals surface area contributed by atoms with E-state index in [1.165, 1.54) is 0 Å². The summed E-state index contributed by atoms with van der Waals surface area (Å²) in [6, 6.07) is 11.0. The lowest BCUT2D eigenvalue weighted by atomic mass is 10.0. The number of carboxylic acids is 1. The first-order valence-electron chi connectivity index (χ1n) is 12.4. The summed E-state index contributed by atoms with van der Waals surface area (Å²) in [4.78, 5) is 42.3. The first kappa shape index (κ1) is 27.5. The zero-order chi connectivity index (χ0) is 26.9. The SMILES string of the molecule is CCCC[C@H](NC(=O)N(Cc1cccs1)Cc1cccs1)C(=O)N[C@@H](CC(=O)O)c1ccc2c(c1)OCO2. The molecule has 9 nitrogen and oxygen atoms in total. The van der Waals surface area contributed by atoms with Crippen LogP contribution in [0.1, 0.15) is 54.0 Å². The molecule has 2 aromatic heterocycles. The van der Waals surface area contributed by atoms with E-state index in [0.29, 0.717) is 36.6 Å². The van der Waals surface area contributed by atoms with Crippen molar-refractivity contribution in [3.05, 3.63) is 68.5 Å². The lowest BCUT2D eigenvalue weighted by Crippen LogP contribution is -2.51. The molecule has 1 aliphatic rings. The first-order chi connectivity index (χ1) is 18.4. The lowest BCUT2D eigenvalue weighted by Gasteiger charge is -2.27. The van der Waals surface area contributed by atoms with Gasteiger partial charge in [-0.25, -0.2) is 4.79 Å². The molecule has 0 bridgehead atoms. The van der Waals surface area contributed by atoms with Crippen LogP contribution in [0.25, 0.3) is 0 Å². The maximum Gasteiger partial charge on any atom is 0.318 e. The van der Waals surface area contributed by atoms with E-state index in [4.69, 9.17) is 9.47 Å². The number of carbonyl (C=O) groups excluding carboxylic acids is 2. The number of carbonyl (C=O) groups is 3. The summed E-state index contributed by atoms with van der Waals surface area (Å²) in [5.41, 5.74) is 0.586. The minimum Gasteiger partial charge on any atom is -0.481 e. The maximum absolute atomic E-state index is 13.5. The lowest BCUT2D eigenvalue weighted by molar-refractivity contribution is -0.137. The molecule has 0 radical (unpaired) electrons. The number of urea groups is 1. The zero-order valence-corrected chi connectivity index (χ0v) is 22.7. The molecule has 0 fully saturated rings. The summed E-state index contributed by atoms with van der Waals surface area (Å²) in [5.74, 6) is -0.414. The van der Waals surface area contributed by atoms with Crippen molar-refractivity contribution in [1.82, 2.24) is 15.5 Å². The molecule has 0 unspecified atom stereocenters. The Labute approximate surface area is 229 Å². The highest BCUT2D eigenvalue weighted by molar-refractivity contribution is 7.10. The van der Waals surface area contributed by atoms with E-state index in [1.807, 2.05) is 41.9 Å². The largest absolute Gasteiger partial charge is 0.481 e. The van der Waals surface area contributed by atoms with E-state index < -0.39 is 24.0 Å². The van der Waals surface area contributed by atoms with Gasteiger partial charge in [0, 0.05) is 9.75 Å². The van der Waals surface area contributed by atoms with Crippen LogP contribution in [0.5, 0.6) is 11.5 Å². The minimum atomic E-state index is -1.06. The van der Waals surface area contributed by atoms with Crippen molar-refractivity contribution in [2.75, 3.05) is 6.79 Å². The fourth-order valence-electron chi connectivity index (χ4n) is 4.13. The predicted molar refractivity (Wildman–Crippen MR) is 145 cm³/mol. The van der Waals surface area contributed by atoms with Crippen LogP contribution in [0.15, 0.2) is 53.2 Å². The van der Waals surface area contributed by atoms with Gasteiger partial charge in [0.1, 0.15) is 6.04 Å². The number of ether oxygens (including phenoxy) is 2. The third-order valence-corrected chi connectivity index (χ3v) is 7.82. The number of unbranched alkanes of at least 4 members (excludes halogenated alkanes) is 1. The molecule has 11 heteroatoms. The molecule has 3 amide bonds. The molecule has 0 spiro atoms. The number of hydrogen-bond acceptors (Lipinski definition) is 7. The van der Waals surface area contributed by atoms with Crippen LogP contribution in [-0.4, -0.2) is 40.7 Å². The highest BCUT2D eigenvalue weighted by atomic mass is 32.1. The van der Waals surface area contributed by atoms with Crippen molar-refractivity contribution in [3.8, 4) is 11.5 Å². The fourth-order valence-corrected chi connectivity index (χ4v) is 5.57. The second-order valence-electron chi connectivity index (χ2n) is 8.93. The standard InChI is InChI=1S/C27H31N3O6S2/c1-2-3-8-21(29-27(34)30(15-19-6-4-11-37-19)16-20-7-5-12-38-20)26(33)28-22(14-25(31)32)18-9-10-23-24(13-18)36-17-35-23/h4-7,9-13,21-22H,2-3,8,14-17H2,1H3,(H,28,33)(H,29,34)(H,31,32)/t21-,22-/m0/s1. The van der Waals surface area contributed by atoms with Crippen LogP contribution in [0.2, 0.25) is 0 Å². The number of nitrogens with zero attached hydrogens (tertiary/aromatic N) is 1. The summed E-state index contributed by atoms with van der Waals surface area (Å²) >= 11 is 3.14. The van der Waals surface area contributed by atoms with Gasteiger partial charge in [-0.15, -0.1) is 22.7 Å². The fraction of sp³-hybridized carbons (Fsp3) is 0.370. The van der Waals surface area contributed by atoms with Gasteiger partial charge < -0.3 is 30.1 Å². The van der Waals surface area contributed by atoms with Gasteiger partial charge in [-0.3, -0.25) is 9.59 Å². The van der Waals surface area contributed by atoms with E-state index in [-0.39, 0.29) is 19.2 Å². The van der Waals surface area contributed by atoms with E-state index in [9.17, 15) is 19.5 Å². The van der Waals surface area contributed by atoms with Gasteiger partial charge in [-0.1, -0.05) is 38.0 Å². The Bertz CT molecular complexity index is 1180. The van der Waals surface area contributed by atoms with E-state index in [0.717, 1.165) is 22.6 Å². The summed E-state index contributed by atoms with van der Waals surface area (Å²) in [6.07, 6.45) is 1.68. The quantitative estimate of drug-likeness (QED) is 0.268. The number of hydrogen-bond donors (Lipinski definition) is 3. The molecule has 1 aromatic carbocycles. The van der Waals surface area contributed by atoms with Crippen molar-refractivity contribution in [3.63, 3.8) is 0 Å². The van der Waals surface area contributed by atoms with Gasteiger partial charge in [0.05, 0.1) is 25.6 Å². The second kappa shape index (κ2) is 13.3. The molecule has 202 valence electrons. The average molecular weight is 558 g/mol. The van der Waals surface area contributed by atoms with E-state index in [2.05, 4.69) is 10.6 Å². The highest BCUT2D eigenvalue weighted by Crippen LogP contribution is 2.35. The zero-order valence-electron chi connectivity index (χ0n) is 21.1. The molecule has 0 aliphatic carbocycles. The number of carboxylic acid groups (broad SMARTS) is 1. The molecule has 38 heavy (non-hydrogen) atoms. The third kappa shape index (κ3) is 7.48. The summed E-state index contributed by atoms with van der Waals surface area (Å²) in [5, 5.41) is 19.2. The van der Waals surface area contributed by atoms with Crippen LogP contribution in [-0.2, 0) is 22.7 Å². The summed E-state index contributed by atoms with van der Waals surface area (Å²) in [7, 11) is 0. The highest BCUT2D eigenvalue weighted by Gasteiger charge is 2.28. The average Bonchev–Trinajstić information content (AvgIpc) is 3.68. The van der Waals surface area contributed by atoms with Crippen LogP contribution < -0.4 is 20.1 Å².